The van der Waals surface area contributed by atoms with E-state index in [1.807, 2.05) is 0 Å². The predicted molar refractivity (Wildman–Crippen MR) is 75.8 cm³/mol. The van der Waals surface area contributed by atoms with Crippen molar-refractivity contribution in [3.8, 4) is 0 Å². The molecule has 0 bridgehead atoms. The van der Waals surface area contributed by atoms with Crippen molar-refractivity contribution in [1.82, 2.24) is 5.43 Å². The standard InChI is InChI=1S/C13H28N2O2S/c1-4-6-10(2)13(15-14)11-7-5-8-12(9-11)18(3,16)17/h10-13,15H,4-9,14H2,1-3H3. The van der Waals surface area contributed by atoms with Crippen molar-refractivity contribution in [1.29, 1.82) is 0 Å². The summed E-state index contributed by atoms with van der Waals surface area (Å²) in [6, 6.07) is 0.245. The maximum Gasteiger partial charge on any atom is 0.150 e. The van der Waals surface area contributed by atoms with Gasteiger partial charge in [0.15, 0.2) is 0 Å². The molecule has 0 heterocycles. The van der Waals surface area contributed by atoms with Gasteiger partial charge in [0.2, 0.25) is 0 Å². The lowest BCUT2D eigenvalue weighted by Gasteiger charge is -2.36. The van der Waals surface area contributed by atoms with E-state index in [2.05, 4.69) is 19.3 Å². The number of rotatable bonds is 6. The molecule has 3 N–H and O–H groups in total. The van der Waals surface area contributed by atoms with Crippen LogP contribution >= 0.6 is 0 Å². The first-order chi connectivity index (χ1) is 8.40. The zero-order chi connectivity index (χ0) is 13.8. The highest BCUT2D eigenvalue weighted by Gasteiger charge is 2.34. The quantitative estimate of drug-likeness (QED) is 0.574. The molecule has 4 unspecified atom stereocenters. The van der Waals surface area contributed by atoms with Crippen LogP contribution in [0.5, 0.6) is 0 Å². The van der Waals surface area contributed by atoms with Gasteiger partial charge in [-0.25, -0.2) is 8.42 Å². The summed E-state index contributed by atoms with van der Waals surface area (Å²) in [6.45, 7) is 4.38. The third-order valence-electron chi connectivity index (χ3n) is 4.33. The Morgan fingerprint density at radius 1 is 1.39 bits per heavy atom. The van der Waals surface area contributed by atoms with Gasteiger partial charge < -0.3 is 0 Å². The van der Waals surface area contributed by atoms with E-state index in [1.165, 1.54) is 6.26 Å². The molecule has 1 fully saturated rings. The van der Waals surface area contributed by atoms with Crippen LogP contribution in [0.1, 0.15) is 52.4 Å². The number of nitrogens with two attached hydrogens (primary N) is 1. The Morgan fingerprint density at radius 3 is 2.56 bits per heavy atom. The van der Waals surface area contributed by atoms with Gasteiger partial charge in [-0.05, 0) is 37.5 Å². The fourth-order valence-corrected chi connectivity index (χ4v) is 4.49. The molecule has 0 saturated heterocycles. The molecule has 1 aliphatic rings. The minimum absolute atomic E-state index is 0.166. The normalized spacial score (nSPS) is 28.9. The van der Waals surface area contributed by atoms with E-state index >= 15 is 0 Å². The van der Waals surface area contributed by atoms with Gasteiger partial charge in [0.05, 0.1) is 5.25 Å². The van der Waals surface area contributed by atoms with Gasteiger partial charge in [0.1, 0.15) is 9.84 Å². The first-order valence-electron chi connectivity index (χ1n) is 7.05. The summed E-state index contributed by atoms with van der Waals surface area (Å²) in [5.41, 5.74) is 2.93. The average molecular weight is 276 g/mol. The van der Waals surface area contributed by atoms with Gasteiger partial charge in [0, 0.05) is 12.3 Å². The fourth-order valence-electron chi connectivity index (χ4n) is 3.30. The molecule has 1 rings (SSSR count). The zero-order valence-corrected chi connectivity index (χ0v) is 12.7. The van der Waals surface area contributed by atoms with Crippen molar-refractivity contribution >= 4 is 9.84 Å². The molecular weight excluding hydrogens is 248 g/mol. The maximum atomic E-state index is 11.7. The van der Waals surface area contributed by atoms with Crippen molar-refractivity contribution in [2.75, 3.05) is 6.26 Å². The van der Waals surface area contributed by atoms with Crippen LogP contribution < -0.4 is 11.3 Å². The lowest BCUT2D eigenvalue weighted by atomic mass is 9.78. The van der Waals surface area contributed by atoms with Gasteiger partial charge in [-0.3, -0.25) is 11.3 Å². The highest BCUT2D eigenvalue weighted by Crippen LogP contribution is 2.33. The molecule has 4 atom stereocenters. The Balaban J connectivity index is 2.69. The minimum Gasteiger partial charge on any atom is -0.271 e. The Kier molecular flexibility index (Phi) is 6.08. The molecular formula is C13H28N2O2S. The Bertz CT molecular complexity index is 343. The minimum atomic E-state index is -2.91. The van der Waals surface area contributed by atoms with Gasteiger partial charge in [-0.15, -0.1) is 0 Å². The molecule has 0 aliphatic heterocycles. The van der Waals surface area contributed by atoms with Crippen molar-refractivity contribution in [3.05, 3.63) is 0 Å². The molecule has 0 amide bonds. The summed E-state index contributed by atoms with van der Waals surface area (Å²) < 4.78 is 23.4. The molecule has 108 valence electrons. The summed E-state index contributed by atoms with van der Waals surface area (Å²) in [4.78, 5) is 0. The first kappa shape index (κ1) is 15.9. The van der Waals surface area contributed by atoms with Gasteiger partial charge in [0.25, 0.3) is 0 Å². The number of hydrogen-bond acceptors (Lipinski definition) is 4. The van der Waals surface area contributed by atoms with Crippen LogP contribution in [0.2, 0.25) is 0 Å². The topological polar surface area (TPSA) is 72.2 Å². The van der Waals surface area contributed by atoms with E-state index in [1.54, 1.807) is 0 Å². The lowest BCUT2D eigenvalue weighted by molar-refractivity contribution is 0.209. The molecule has 1 aliphatic carbocycles. The van der Waals surface area contributed by atoms with E-state index in [0.717, 1.165) is 38.5 Å². The second-order valence-corrected chi connectivity index (χ2v) is 8.16. The SMILES string of the molecule is CCCC(C)C(NN)C1CCCC(S(C)(=O)=O)C1. The summed E-state index contributed by atoms with van der Waals surface area (Å²) in [7, 11) is -2.91. The second kappa shape index (κ2) is 6.87. The number of hydrazine groups is 1. The third kappa shape index (κ3) is 4.21. The number of sulfone groups is 1. The van der Waals surface area contributed by atoms with Crippen LogP contribution in [0.25, 0.3) is 0 Å². The third-order valence-corrected chi connectivity index (χ3v) is 5.97. The largest absolute Gasteiger partial charge is 0.271 e. The summed E-state index contributed by atoms with van der Waals surface area (Å²) in [5, 5.41) is -0.166. The molecule has 4 nitrogen and oxygen atoms in total. The summed E-state index contributed by atoms with van der Waals surface area (Å²) >= 11 is 0. The van der Waals surface area contributed by atoms with Crippen LogP contribution in [-0.2, 0) is 9.84 Å². The Hall–Kier alpha value is -0.130. The first-order valence-corrected chi connectivity index (χ1v) is 9.00. The van der Waals surface area contributed by atoms with Gasteiger partial charge in [-0.1, -0.05) is 26.7 Å². The number of nitrogens with one attached hydrogen (secondary N) is 1. The molecule has 0 aromatic heterocycles. The lowest BCUT2D eigenvalue weighted by Crippen LogP contribution is -2.47. The van der Waals surface area contributed by atoms with E-state index in [0.29, 0.717) is 11.8 Å². The van der Waals surface area contributed by atoms with E-state index in [-0.39, 0.29) is 11.3 Å². The molecule has 0 aromatic carbocycles. The summed E-state index contributed by atoms with van der Waals surface area (Å²) in [6.07, 6.45) is 7.31. The van der Waals surface area contributed by atoms with Crippen molar-refractivity contribution < 1.29 is 8.42 Å². The maximum absolute atomic E-state index is 11.7. The van der Waals surface area contributed by atoms with E-state index < -0.39 is 9.84 Å². The Labute approximate surface area is 112 Å². The number of hydrogen-bond donors (Lipinski definition) is 2. The van der Waals surface area contributed by atoms with Crippen molar-refractivity contribution in [2.45, 2.75) is 63.7 Å². The van der Waals surface area contributed by atoms with E-state index in [9.17, 15) is 8.42 Å². The smallest absolute Gasteiger partial charge is 0.150 e. The van der Waals surface area contributed by atoms with Gasteiger partial charge in [-0.2, -0.15) is 0 Å². The van der Waals surface area contributed by atoms with Crippen LogP contribution in [0.3, 0.4) is 0 Å². The van der Waals surface area contributed by atoms with Crippen LogP contribution in [0.15, 0.2) is 0 Å². The molecule has 1 saturated carbocycles. The monoisotopic (exact) mass is 276 g/mol. The predicted octanol–water partition coefficient (Wildman–Crippen LogP) is 1.86. The highest BCUT2D eigenvalue weighted by molar-refractivity contribution is 7.91. The van der Waals surface area contributed by atoms with Crippen molar-refractivity contribution in [3.63, 3.8) is 0 Å². The van der Waals surface area contributed by atoms with Gasteiger partial charge >= 0.3 is 0 Å². The van der Waals surface area contributed by atoms with Crippen LogP contribution in [0.4, 0.5) is 0 Å². The van der Waals surface area contributed by atoms with Crippen molar-refractivity contribution in [2.24, 2.45) is 17.7 Å². The molecule has 0 radical (unpaired) electrons. The summed E-state index contributed by atoms with van der Waals surface area (Å²) in [5.74, 6) is 6.59. The van der Waals surface area contributed by atoms with E-state index in [4.69, 9.17) is 5.84 Å². The zero-order valence-electron chi connectivity index (χ0n) is 11.9. The molecule has 0 spiro atoms. The van der Waals surface area contributed by atoms with Crippen LogP contribution in [-0.4, -0.2) is 26.0 Å². The Morgan fingerprint density at radius 2 is 2.06 bits per heavy atom. The van der Waals surface area contributed by atoms with Crippen LogP contribution in [0, 0.1) is 11.8 Å². The molecule has 5 heteroatoms. The average Bonchev–Trinajstić information content (AvgIpc) is 2.29. The fraction of sp³-hybridized carbons (Fsp3) is 1.00. The highest BCUT2D eigenvalue weighted by atomic mass is 32.2. The second-order valence-electron chi connectivity index (χ2n) is 5.84. The molecule has 18 heavy (non-hydrogen) atoms. The molecule has 0 aromatic rings.